The molecule has 1 rings (SSSR count). The van der Waals surface area contributed by atoms with Gasteiger partial charge in [-0.05, 0) is 31.7 Å². The van der Waals surface area contributed by atoms with E-state index in [0.29, 0.717) is 12.2 Å². The summed E-state index contributed by atoms with van der Waals surface area (Å²) in [5.74, 6) is 0.749. The number of rotatable bonds is 5. The quantitative estimate of drug-likeness (QED) is 0.777. The van der Waals surface area contributed by atoms with E-state index in [2.05, 4.69) is 11.1 Å². The van der Waals surface area contributed by atoms with Crippen molar-refractivity contribution in [1.29, 1.82) is 5.26 Å². The minimum absolute atomic E-state index is 0.139. The Hall–Kier alpha value is -1.54. The molecule has 0 fully saturated rings. The van der Waals surface area contributed by atoms with E-state index in [1.54, 1.807) is 29.9 Å². The second-order valence-electron chi connectivity index (χ2n) is 4.94. The zero-order valence-corrected chi connectivity index (χ0v) is 12.6. The molecular formula is C14H19N3OS. The Morgan fingerprint density at radius 2 is 2.26 bits per heavy atom. The average molecular weight is 277 g/mol. The summed E-state index contributed by atoms with van der Waals surface area (Å²) in [5, 5.41) is 9.03. The number of hydrogen-bond acceptors (Lipinski definition) is 4. The number of amides is 1. The van der Waals surface area contributed by atoms with E-state index in [1.807, 2.05) is 32.9 Å². The highest BCUT2D eigenvalue weighted by molar-refractivity contribution is 7.99. The van der Waals surface area contributed by atoms with Crippen LogP contribution in [-0.2, 0) is 0 Å². The van der Waals surface area contributed by atoms with Gasteiger partial charge in [0.05, 0.1) is 11.5 Å². The summed E-state index contributed by atoms with van der Waals surface area (Å²) in [7, 11) is 1.70. The summed E-state index contributed by atoms with van der Waals surface area (Å²) in [6.07, 6.45) is 1.62. The fourth-order valence-electron chi connectivity index (χ4n) is 1.70. The standard InChI is InChI=1S/C14H19N3OS/c1-5-19-11-7-6-8-16-12(11)13(18)17(4)10-14(2,3)9-15/h6-8H,5,10H2,1-4H3. The van der Waals surface area contributed by atoms with Crippen LogP contribution < -0.4 is 0 Å². The normalized spacial score (nSPS) is 10.9. The van der Waals surface area contributed by atoms with Crippen molar-refractivity contribution in [2.45, 2.75) is 25.7 Å². The molecule has 4 nitrogen and oxygen atoms in total. The van der Waals surface area contributed by atoms with E-state index < -0.39 is 5.41 Å². The monoisotopic (exact) mass is 277 g/mol. The van der Waals surface area contributed by atoms with Crippen molar-refractivity contribution in [2.75, 3.05) is 19.3 Å². The molecule has 0 saturated carbocycles. The molecule has 0 radical (unpaired) electrons. The van der Waals surface area contributed by atoms with Crippen LogP contribution in [0.1, 0.15) is 31.3 Å². The van der Waals surface area contributed by atoms with Crippen molar-refractivity contribution < 1.29 is 4.79 Å². The second kappa shape index (κ2) is 6.58. The zero-order chi connectivity index (χ0) is 14.5. The van der Waals surface area contributed by atoms with Crippen molar-refractivity contribution in [3.05, 3.63) is 24.0 Å². The van der Waals surface area contributed by atoms with Gasteiger partial charge in [-0.25, -0.2) is 4.98 Å². The summed E-state index contributed by atoms with van der Waals surface area (Å²) in [6.45, 7) is 6.05. The Morgan fingerprint density at radius 1 is 1.58 bits per heavy atom. The maximum atomic E-state index is 12.4. The first-order chi connectivity index (χ1) is 8.91. The first-order valence-electron chi connectivity index (χ1n) is 6.16. The van der Waals surface area contributed by atoms with Gasteiger partial charge in [0.1, 0.15) is 5.69 Å². The fraction of sp³-hybridized carbons (Fsp3) is 0.500. The maximum absolute atomic E-state index is 12.4. The Labute approximate surface area is 118 Å². The van der Waals surface area contributed by atoms with Crippen molar-refractivity contribution in [3.63, 3.8) is 0 Å². The summed E-state index contributed by atoms with van der Waals surface area (Å²) in [5.41, 5.74) is -0.0948. The van der Waals surface area contributed by atoms with Gasteiger partial charge in [0.2, 0.25) is 0 Å². The van der Waals surface area contributed by atoms with Crippen LogP contribution in [0.4, 0.5) is 0 Å². The highest BCUT2D eigenvalue weighted by Gasteiger charge is 2.24. The molecule has 0 aromatic carbocycles. The third-order valence-electron chi connectivity index (χ3n) is 2.55. The topological polar surface area (TPSA) is 57.0 Å². The van der Waals surface area contributed by atoms with Gasteiger partial charge in [-0.15, -0.1) is 11.8 Å². The number of hydrogen-bond donors (Lipinski definition) is 0. The number of nitriles is 1. The maximum Gasteiger partial charge on any atom is 0.273 e. The Bertz CT molecular complexity index is 494. The molecule has 1 amide bonds. The molecule has 102 valence electrons. The van der Waals surface area contributed by atoms with E-state index >= 15 is 0 Å². The van der Waals surface area contributed by atoms with Gasteiger partial charge in [0.15, 0.2) is 0 Å². The zero-order valence-electron chi connectivity index (χ0n) is 11.8. The summed E-state index contributed by atoms with van der Waals surface area (Å²) in [4.78, 5) is 19.0. The van der Waals surface area contributed by atoms with Gasteiger partial charge in [0.25, 0.3) is 5.91 Å². The molecule has 5 heteroatoms. The summed E-state index contributed by atoms with van der Waals surface area (Å²) < 4.78 is 0. The van der Waals surface area contributed by atoms with Gasteiger partial charge in [-0.1, -0.05) is 6.92 Å². The van der Waals surface area contributed by atoms with Crippen molar-refractivity contribution in [3.8, 4) is 6.07 Å². The van der Waals surface area contributed by atoms with Crippen LogP contribution in [-0.4, -0.2) is 35.1 Å². The van der Waals surface area contributed by atoms with E-state index in [9.17, 15) is 4.79 Å². The van der Waals surface area contributed by atoms with Crippen LogP contribution in [0.25, 0.3) is 0 Å². The van der Waals surface area contributed by atoms with E-state index in [-0.39, 0.29) is 5.91 Å². The largest absolute Gasteiger partial charge is 0.339 e. The smallest absolute Gasteiger partial charge is 0.273 e. The van der Waals surface area contributed by atoms with E-state index in [4.69, 9.17) is 5.26 Å². The second-order valence-corrected chi connectivity index (χ2v) is 6.25. The lowest BCUT2D eigenvalue weighted by molar-refractivity contribution is 0.0751. The van der Waals surface area contributed by atoms with Crippen LogP contribution in [0.2, 0.25) is 0 Å². The first-order valence-corrected chi connectivity index (χ1v) is 7.14. The molecule has 0 spiro atoms. The molecule has 0 saturated heterocycles. The average Bonchev–Trinajstić information content (AvgIpc) is 2.38. The van der Waals surface area contributed by atoms with E-state index in [0.717, 1.165) is 10.6 Å². The van der Waals surface area contributed by atoms with Gasteiger partial charge in [-0.2, -0.15) is 5.26 Å². The number of carbonyl (C=O) groups excluding carboxylic acids is 1. The number of nitrogens with zero attached hydrogens (tertiary/aromatic N) is 3. The number of aromatic nitrogens is 1. The van der Waals surface area contributed by atoms with Crippen LogP contribution in [0, 0.1) is 16.7 Å². The minimum atomic E-state index is -0.558. The molecule has 0 N–H and O–H groups in total. The van der Waals surface area contributed by atoms with Crippen molar-refractivity contribution >= 4 is 17.7 Å². The number of pyridine rings is 1. The van der Waals surface area contributed by atoms with Crippen molar-refractivity contribution in [1.82, 2.24) is 9.88 Å². The third-order valence-corrected chi connectivity index (χ3v) is 3.48. The Kier molecular flexibility index (Phi) is 5.37. The van der Waals surface area contributed by atoms with Gasteiger partial charge < -0.3 is 4.90 Å². The number of thioether (sulfide) groups is 1. The van der Waals surface area contributed by atoms with Crippen LogP contribution in [0.3, 0.4) is 0 Å². The van der Waals surface area contributed by atoms with E-state index in [1.165, 1.54) is 0 Å². The van der Waals surface area contributed by atoms with Gasteiger partial charge in [-0.3, -0.25) is 4.79 Å². The predicted molar refractivity (Wildman–Crippen MR) is 77.0 cm³/mol. The Morgan fingerprint density at radius 3 is 2.84 bits per heavy atom. The predicted octanol–water partition coefficient (Wildman–Crippen LogP) is 2.82. The molecule has 1 aromatic heterocycles. The number of carbonyl (C=O) groups is 1. The molecule has 0 aliphatic rings. The highest BCUT2D eigenvalue weighted by Crippen LogP contribution is 2.22. The summed E-state index contributed by atoms with van der Waals surface area (Å²) in [6, 6.07) is 5.93. The van der Waals surface area contributed by atoms with Gasteiger partial charge in [0, 0.05) is 24.7 Å². The molecule has 1 heterocycles. The minimum Gasteiger partial charge on any atom is -0.339 e. The lowest BCUT2D eigenvalue weighted by Crippen LogP contribution is -2.35. The molecule has 0 atom stereocenters. The molecule has 0 unspecified atom stereocenters. The van der Waals surface area contributed by atoms with Crippen LogP contribution in [0.5, 0.6) is 0 Å². The van der Waals surface area contributed by atoms with Crippen LogP contribution in [0.15, 0.2) is 23.2 Å². The Balaban J connectivity index is 2.92. The molecule has 0 aliphatic heterocycles. The SMILES string of the molecule is CCSc1cccnc1C(=O)N(C)CC(C)(C)C#N. The van der Waals surface area contributed by atoms with Crippen molar-refractivity contribution in [2.24, 2.45) is 5.41 Å². The fourth-order valence-corrected chi connectivity index (χ4v) is 2.47. The van der Waals surface area contributed by atoms with Crippen LogP contribution >= 0.6 is 11.8 Å². The highest BCUT2D eigenvalue weighted by atomic mass is 32.2. The first kappa shape index (κ1) is 15.5. The molecular weight excluding hydrogens is 258 g/mol. The molecule has 0 bridgehead atoms. The third kappa shape index (κ3) is 4.25. The summed E-state index contributed by atoms with van der Waals surface area (Å²) >= 11 is 1.60. The molecule has 0 aliphatic carbocycles. The molecule has 1 aromatic rings. The lowest BCUT2D eigenvalue weighted by atomic mass is 9.95. The van der Waals surface area contributed by atoms with Gasteiger partial charge >= 0.3 is 0 Å². The lowest BCUT2D eigenvalue weighted by Gasteiger charge is -2.24. The molecule has 19 heavy (non-hydrogen) atoms.